The van der Waals surface area contributed by atoms with E-state index in [1.54, 1.807) is 60.7 Å². The third kappa shape index (κ3) is 5.66. The molecule has 0 radical (unpaired) electrons. The van der Waals surface area contributed by atoms with Gasteiger partial charge in [-0.25, -0.2) is 9.59 Å². The molecule has 28 heavy (non-hydrogen) atoms. The molecule has 2 atom stereocenters. The summed E-state index contributed by atoms with van der Waals surface area (Å²) >= 11 is 0. The molecule has 0 saturated carbocycles. The van der Waals surface area contributed by atoms with Crippen molar-refractivity contribution >= 4 is 23.8 Å². The molecule has 3 N–H and O–H groups in total. The zero-order valence-electron chi connectivity index (χ0n) is 15.5. The number of hydrogen-bond acceptors (Lipinski definition) is 5. The maximum Gasteiger partial charge on any atom is 0.329 e. The summed E-state index contributed by atoms with van der Waals surface area (Å²) in [6.07, 6.45) is -1.35. The molecule has 0 aliphatic carbocycles. The van der Waals surface area contributed by atoms with Gasteiger partial charge in [0.05, 0.1) is 0 Å². The number of benzene rings is 2. The van der Waals surface area contributed by atoms with Gasteiger partial charge in [-0.05, 0) is 19.1 Å². The summed E-state index contributed by atoms with van der Waals surface area (Å²) in [5.74, 6) is -2.07. The Morgan fingerprint density at radius 2 is 1.46 bits per heavy atom. The number of imide groups is 1. The van der Waals surface area contributed by atoms with Crippen LogP contribution < -0.4 is 16.0 Å². The summed E-state index contributed by atoms with van der Waals surface area (Å²) in [5.41, 5.74) is 0.776. The highest BCUT2D eigenvalue weighted by Crippen LogP contribution is 2.18. The predicted octanol–water partition coefficient (Wildman–Crippen LogP) is 1.55. The number of ether oxygens (including phenoxy) is 1. The van der Waals surface area contributed by atoms with Gasteiger partial charge in [0.25, 0.3) is 11.8 Å². The molecule has 4 amide bonds. The Morgan fingerprint density at radius 1 is 0.893 bits per heavy atom. The zero-order chi connectivity index (χ0) is 20.5. The molecule has 8 nitrogen and oxygen atoms in total. The van der Waals surface area contributed by atoms with E-state index in [9.17, 15) is 19.2 Å². The molecule has 0 fully saturated rings. The molecular formula is C20H21N3O5. The molecule has 0 heterocycles. The van der Waals surface area contributed by atoms with E-state index in [0.29, 0.717) is 11.1 Å². The number of carbonyl (C=O) groups is 4. The fourth-order valence-electron chi connectivity index (χ4n) is 2.29. The maximum absolute atomic E-state index is 12.4. The van der Waals surface area contributed by atoms with Gasteiger partial charge in [-0.1, -0.05) is 48.5 Å². The average Bonchev–Trinajstić information content (AvgIpc) is 2.72. The minimum atomic E-state index is -1.35. The first-order valence-corrected chi connectivity index (χ1v) is 8.56. The number of hydrogen-bond donors (Lipinski definition) is 3. The molecule has 0 aromatic heterocycles. The van der Waals surface area contributed by atoms with Crippen LogP contribution in [-0.4, -0.2) is 36.9 Å². The van der Waals surface area contributed by atoms with Crippen LogP contribution in [0.25, 0.3) is 0 Å². The van der Waals surface area contributed by atoms with Crippen LogP contribution in [-0.2, 0) is 14.3 Å². The molecule has 8 heteroatoms. The summed E-state index contributed by atoms with van der Waals surface area (Å²) in [6.45, 7) is 1.45. The summed E-state index contributed by atoms with van der Waals surface area (Å²) < 4.78 is 5.30. The number of esters is 1. The van der Waals surface area contributed by atoms with Gasteiger partial charge < -0.3 is 15.4 Å². The molecule has 0 bridgehead atoms. The number of urea groups is 1. The summed E-state index contributed by atoms with van der Waals surface area (Å²) in [6, 6.07) is 14.9. The molecule has 146 valence electrons. The average molecular weight is 383 g/mol. The molecule has 2 aromatic carbocycles. The Labute approximate surface area is 162 Å². The van der Waals surface area contributed by atoms with Crippen LogP contribution in [0.3, 0.4) is 0 Å². The van der Waals surface area contributed by atoms with Gasteiger partial charge in [-0.15, -0.1) is 0 Å². The molecule has 0 saturated heterocycles. The largest absolute Gasteiger partial charge is 0.446 e. The number of carbonyl (C=O) groups excluding carboxylic acids is 4. The first-order valence-electron chi connectivity index (χ1n) is 8.56. The van der Waals surface area contributed by atoms with Gasteiger partial charge in [-0.2, -0.15) is 0 Å². The third-order valence-electron chi connectivity index (χ3n) is 3.78. The van der Waals surface area contributed by atoms with Gasteiger partial charge in [0.2, 0.25) is 6.10 Å². The SMILES string of the molecule is CNC(=O)NC(=O)[C@@H](OC(=O)[C@H](C)NC(=O)c1ccccc1)c1ccccc1. The lowest BCUT2D eigenvalue weighted by molar-refractivity contribution is -0.157. The number of amides is 4. The van der Waals surface area contributed by atoms with Crippen LogP contribution in [0, 0.1) is 0 Å². The van der Waals surface area contributed by atoms with Gasteiger partial charge >= 0.3 is 12.0 Å². The van der Waals surface area contributed by atoms with E-state index in [1.807, 2.05) is 0 Å². The van der Waals surface area contributed by atoms with E-state index in [4.69, 9.17) is 4.74 Å². The third-order valence-corrected chi connectivity index (χ3v) is 3.78. The van der Waals surface area contributed by atoms with Crippen molar-refractivity contribution < 1.29 is 23.9 Å². The van der Waals surface area contributed by atoms with E-state index >= 15 is 0 Å². The fourth-order valence-corrected chi connectivity index (χ4v) is 2.29. The summed E-state index contributed by atoms with van der Waals surface area (Å²) in [5, 5.41) is 6.86. The van der Waals surface area contributed by atoms with Crippen LogP contribution in [0.15, 0.2) is 60.7 Å². The molecule has 0 aliphatic rings. The topological polar surface area (TPSA) is 114 Å². The van der Waals surface area contributed by atoms with Crippen molar-refractivity contribution in [1.82, 2.24) is 16.0 Å². The van der Waals surface area contributed by atoms with Crippen molar-refractivity contribution in [3.8, 4) is 0 Å². The highest BCUT2D eigenvalue weighted by atomic mass is 16.5. The smallest absolute Gasteiger partial charge is 0.329 e. The van der Waals surface area contributed by atoms with Gasteiger partial charge in [0.15, 0.2) is 0 Å². The van der Waals surface area contributed by atoms with Crippen LogP contribution in [0.1, 0.15) is 28.9 Å². The first-order chi connectivity index (χ1) is 13.4. The van der Waals surface area contributed by atoms with Gasteiger partial charge in [0.1, 0.15) is 6.04 Å². The molecule has 0 aliphatic heterocycles. The van der Waals surface area contributed by atoms with E-state index in [1.165, 1.54) is 14.0 Å². The van der Waals surface area contributed by atoms with E-state index in [0.717, 1.165) is 0 Å². The Bertz CT molecular complexity index is 839. The van der Waals surface area contributed by atoms with Gasteiger partial charge in [-0.3, -0.25) is 14.9 Å². The van der Waals surface area contributed by atoms with Crippen LogP contribution in [0.4, 0.5) is 4.79 Å². The highest BCUT2D eigenvalue weighted by Gasteiger charge is 2.29. The van der Waals surface area contributed by atoms with Crippen molar-refractivity contribution in [3.05, 3.63) is 71.8 Å². The van der Waals surface area contributed by atoms with Gasteiger partial charge in [0, 0.05) is 18.2 Å². The van der Waals surface area contributed by atoms with Crippen molar-refractivity contribution in [2.24, 2.45) is 0 Å². The van der Waals surface area contributed by atoms with E-state index in [-0.39, 0.29) is 0 Å². The Kier molecular flexibility index (Phi) is 7.27. The second-order valence-corrected chi connectivity index (χ2v) is 5.86. The number of rotatable bonds is 6. The number of nitrogens with one attached hydrogen (secondary N) is 3. The lowest BCUT2D eigenvalue weighted by atomic mass is 10.1. The highest BCUT2D eigenvalue weighted by molar-refractivity contribution is 5.99. The minimum absolute atomic E-state index is 0.388. The summed E-state index contributed by atoms with van der Waals surface area (Å²) in [4.78, 5) is 48.4. The molecular weight excluding hydrogens is 362 g/mol. The normalized spacial score (nSPS) is 12.2. The Hall–Kier alpha value is -3.68. The second-order valence-electron chi connectivity index (χ2n) is 5.86. The fraction of sp³-hybridized carbons (Fsp3) is 0.200. The second kappa shape index (κ2) is 9.86. The summed E-state index contributed by atoms with van der Waals surface area (Å²) in [7, 11) is 1.35. The minimum Gasteiger partial charge on any atom is -0.446 e. The first kappa shape index (κ1) is 20.6. The maximum atomic E-state index is 12.4. The lowest BCUT2D eigenvalue weighted by Gasteiger charge is -2.20. The lowest BCUT2D eigenvalue weighted by Crippen LogP contribution is -2.44. The van der Waals surface area contributed by atoms with Crippen LogP contribution in [0.2, 0.25) is 0 Å². The van der Waals surface area contributed by atoms with Crippen molar-refractivity contribution in [2.45, 2.75) is 19.1 Å². The van der Waals surface area contributed by atoms with Crippen LogP contribution in [0.5, 0.6) is 0 Å². The monoisotopic (exact) mass is 383 g/mol. The van der Waals surface area contributed by atoms with Crippen LogP contribution >= 0.6 is 0 Å². The molecule has 2 aromatic rings. The zero-order valence-corrected chi connectivity index (χ0v) is 15.5. The van der Waals surface area contributed by atoms with Crippen molar-refractivity contribution in [2.75, 3.05) is 7.05 Å². The van der Waals surface area contributed by atoms with E-state index in [2.05, 4.69) is 16.0 Å². The quantitative estimate of drug-likeness (QED) is 0.655. The standard InChI is InChI=1S/C20H21N3O5/c1-13(22-17(24)15-11-7-4-8-12-15)19(26)28-16(14-9-5-3-6-10-14)18(25)23-20(27)21-2/h3-13,16H,1-2H3,(H,22,24)(H2,21,23,25,27)/t13-,16-/m0/s1. The van der Waals surface area contributed by atoms with Crippen molar-refractivity contribution in [3.63, 3.8) is 0 Å². The molecule has 0 unspecified atom stereocenters. The van der Waals surface area contributed by atoms with Crippen molar-refractivity contribution in [1.29, 1.82) is 0 Å². The van der Waals surface area contributed by atoms with E-state index < -0.39 is 36.0 Å². The Balaban J connectivity index is 2.09. The Morgan fingerprint density at radius 3 is 2.04 bits per heavy atom. The molecule has 2 rings (SSSR count). The molecule has 0 spiro atoms. The predicted molar refractivity (Wildman–Crippen MR) is 101 cm³/mol.